The van der Waals surface area contributed by atoms with E-state index in [2.05, 4.69) is 16.4 Å². The topological polar surface area (TPSA) is 91.5 Å². The molecule has 154 valence electrons. The molecule has 6 heteroatoms. The summed E-state index contributed by atoms with van der Waals surface area (Å²) in [5.41, 5.74) is 3.06. The zero-order valence-corrected chi connectivity index (χ0v) is 17.0. The van der Waals surface area contributed by atoms with Crippen molar-refractivity contribution in [2.45, 2.75) is 12.5 Å². The van der Waals surface area contributed by atoms with Crippen molar-refractivity contribution in [3.8, 4) is 6.07 Å². The van der Waals surface area contributed by atoms with Crippen LogP contribution in [0.3, 0.4) is 0 Å². The van der Waals surface area contributed by atoms with E-state index in [0.29, 0.717) is 16.8 Å². The summed E-state index contributed by atoms with van der Waals surface area (Å²) in [6.45, 7) is 0. The SMILES string of the molecule is COC(=O)/N=C(/C[C@@H](NC(=O)c1ccccc1)c1ccc(C#N)cc1)c1ccccc1. The first-order valence-corrected chi connectivity index (χ1v) is 9.67. The second kappa shape index (κ2) is 10.5. The molecule has 1 N–H and O–H groups in total. The van der Waals surface area contributed by atoms with E-state index in [4.69, 9.17) is 10.00 Å². The number of carbonyl (C=O) groups excluding carboxylic acids is 2. The van der Waals surface area contributed by atoms with Crippen molar-refractivity contribution in [1.29, 1.82) is 5.26 Å². The first-order valence-electron chi connectivity index (χ1n) is 9.67. The van der Waals surface area contributed by atoms with Gasteiger partial charge in [0, 0.05) is 12.0 Å². The Morgan fingerprint density at radius 2 is 1.52 bits per heavy atom. The molecule has 0 bridgehead atoms. The number of hydrogen-bond acceptors (Lipinski definition) is 4. The fourth-order valence-electron chi connectivity index (χ4n) is 3.08. The molecule has 0 aromatic heterocycles. The summed E-state index contributed by atoms with van der Waals surface area (Å²) >= 11 is 0. The van der Waals surface area contributed by atoms with Gasteiger partial charge in [0.2, 0.25) is 0 Å². The summed E-state index contributed by atoms with van der Waals surface area (Å²) in [7, 11) is 1.27. The molecule has 0 aliphatic carbocycles. The molecule has 0 fully saturated rings. The van der Waals surface area contributed by atoms with Crippen LogP contribution in [0.5, 0.6) is 0 Å². The zero-order valence-electron chi connectivity index (χ0n) is 17.0. The fraction of sp³-hybridized carbons (Fsp3) is 0.120. The van der Waals surface area contributed by atoms with Gasteiger partial charge in [-0.25, -0.2) is 4.79 Å². The van der Waals surface area contributed by atoms with Crippen molar-refractivity contribution in [3.63, 3.8) is 0 Å². The maximum atomic E-state index is 12.9. The Bertz CT molecular complexity index is 1100. The van der Waals surface area contributed by atoms with Crippen LogP contribution in [0.2, 0.25) is 0 Å². The van der Waals surface area contributed by atoms with Gasteiger partial charge in [-0.05, 0) is 35.4 Å². The quantitative estimate of drug-likeness (QED) is 0.597. The van der Waals surface area contributed by atoms with Gasteiger partial charge >= 0.3 is 6.09 Å². The second-order valence-electron chi connectivity index (χ2n) is 6.72. The summed E-state index contributed by atoms with van der Waals surface area (Å²) in [4.78, 5) is 28.9. The lowest BCUT2D eigenvalue weighted by Crippen LogP contribution is -2.30. The number of amides is 2. The predicted octanol–water partition coefficient (Wildman–Crippen LogP) is 4.68. The highest BCUT2D eigenvalue weighted by Crippen LogP contribution is 2.22. The number of carbonyl (C=O) groups is 2. The Balaban J connectivity index is 1.97. The molecule has 0 saturated carbocycles. The van der Waals surface area contributed by atoms with Gasteiger partial charge in [-0.15, -0.1) is 0 Å². The molecular formula is C25H21N3O3. The summed E-state index contributed by atoms with van der Waals surface area (Å²) < 4.78 is 4.72. The maximum absolute atomic E-state index is 12.9. The molecule has 0 spiro atoms. The number of ether oxygens (including phenoxy) is 1. The molecule has 0 saturated heterocycles. The van der Waals surface area contributed by atoms with Crippen molar-refractivity contribution in [2.24, 2.45) is 4.99 Å². The van der Waals surface area contributed by atoms with E-state index in [9.17, 15) is 9.59 Å². The van der Waals surface area contributed by atoms with Crippen LogP contribution in [-0.2, 0) is 4.74 Å². The third-order valence-electron chi connectivity index (χ3n) is 4.69. The van der Waals surface area contributed by atoms with Gasteiger partial charge in [0.25, 0.3) is 5.91 Å². The van der Waals surface area contributed by atoms with E-state index in [1.165, 1.54) is 7.11 Å². The van der Waals surface area contributed by atoms with Crippen molar-refractivity contribution >= 4 is 17.7 Å². The predicted molar refractivity (Wildman–Crippen MR) is 118 cm³/mol. The number of aliphatic imine (C=N–C) groups is 1. The summed E-state index contributed by atoms with van der Waals surface area (Å²) in [5, 5.41) is 12.1. The zero-order chi connectivity index (χ0) is 22.1. The average molecular weight is 411 g/mol. The third-order valence-corrected chi connectivity index (χ3v) is 4.69. The first kappa shape index (κ1) is 21.5. The van der Waals surface area contributed by atoms with Gasteiger partial charge in [0.05, 0.1) is 30.5 Å². The molecule has 1 atom stereocenters. The lowest BCUT2D eigenvalue weighted by molar-refractivity contribution is 0.0938. The number of nitrogens with one attached hydrogen (secondary N) is 1. The Morgan fingerprint density at radius 1 is 0.935 bits per heavy atom. The van der Waals surface area contributed by atoms with Crippen LogP contribution in [0.1, 0.15) is 39.5 Å². The molecule has 0 aliphatic rings. The van der Waals surface area contributed by atoms with Crippen LogP contribution in [0, 0.1) is 11.3 Å². The van der Waals surface area contributed by atoms with Crippen LogP contribution in [0.4, 0.5) is 4.79 Å². The first-order chi connectivity index (χ1) is 15.1. The van der Waals surface area contributed by atoms with Crippen LogP contribution in [0.25, 0.3) is 0 Å². The van der Waals surface area contributed by atoms with Gasteiger partial charge < -0.3 is 10.1 Å². The van der Waals surface area contributed by atoms with E-state index in [1.807, 2.05) is 36.4 Å². The normalized spacial score (nSPS) is 11.8. The minimum atomic E-state index is -0.716. The molecule has 0 unspecified atom stereocenters. The van der Waals surface area contributed by atoms with Gasteiger partial charge in [-0.1, -0.05) is 60.7 Å². The molecule has 31 heavy (non-hydrogen) atoms. The number of rotatable bonds is 6. The van der Waals surface area contributed by atoms with Gasteiger partial charge in [-0.2, -0.15) is 10.3 Å². The number of hydrogen-bond donors (Lipinski definition) is 1. The van der Waals surface area contributed by atoms with Crippen molar-refractivity contribution in [1.82, 2.24) is 5.32 Å². The van der Waals surface area contributed by atoms with Crippen LogP contribution < -0.4 is 5.32 Å². The standard InChI is InChI=1S/C25H21N3O3/c1-31-25(30)28-23(19-8-4-2-5-9-19)16-22(20-14-12-18(17-26)13-15-20)27-24(29)21-10-6-3-7-11-21/h2-15,22H,16H2,1H3,(H,27,29)/b28-23-/t22-/m1/s1. The monoisotopic (exact) mass is 411 g/mol. The van der Waals surface area contributed by atoms with E-state index < -0.39 is 12.1 Å². The summed E-state index contributed by atoms with van der Waals surface area (Å²) in [6.07, 6.45) is -0.462. The Labute approximate surface area is 180 Å². The van der Waals surface area contributed by atoms with E-state index in [-0.39, 0.29) is 12.3 Å². The van der Waals surface area contributed by atoms with Crippen molar-refractivity contribution < 1.29 is 14.3 Å². The highest BCUT2D eigenvalue weighted by Gasteiger charge is 2.20. The van der Waals surface area contributed by atoms with Gasteiger partial charge in [0.1, 0.15) is 0 Å². The third kappa shape index (κ3) is 5.87. The molecule has 2 amide bonds. The number of methoxy groups -OCH3 is 1. The van der Waals surface area contributed by atoms with E-state index in [1.54, 1.807) is 48.5 Å². The minimum Gasteiger partial charge on any atom is -0.451 e. The van der Waals surface area contributed by atoms with Crippen LogP contribution in [0.15, 0.2) is 89.9 Å². The Kier molecular flexibility index (Phi) is 7.28. The smallest absolute Gasteiger partial charge is 0.433 e. The molecule has 3 rings (SSSR count). The van der Waals surface area contributed by atoms with Crippen molar-refractivity contribution in [3.05, 3.63) is 107 Å². The van der Waals surface area contributed by atoms with Crippen LogP contribution in [-0.4, -0.2) is 24.8 Å². The van der Waals surface area contributed by atoms with Gasteiger partial charge in [-0.3, -0.25) is 4.79 Å². The molecule has 3 aromatic carbocycles. The van der Waals surface area contributed by atoms with Crippen LogP contribution >= 0.6 is 0 Å². The number of benzene rings is 3. The van der Waals surface area contributed by atoms with Gasteiger partial charge in [0.15, 0.2) is 0 Å². The largest absolute Gasteiger partial charge is 0.451 e. The second-order valence-corrected chi connectivity index (χ2v) is 6.72. The Morgan fingerprint density at radius 3 is 2.06 bits per heavy atom. The molecule has 0 heterocycles. The van der Waals surface area contributed by atoms with E-state index in [0.717, 1.165) is 11.1 Å². The maximum Gasteiger partial charge on any atom is 0.433 e. The number of nitriles is 1. The molecule has 3 aromatic rings. The highest BCUT2D eigenvalue weighted by atomic mass is 16.5. The molecule has 0 radical (unpaired) electrons. The molecule has 0 aliphatic heterocycles. The fourth-order valence-corrected chi connectivity index (χ4v) is 3.08. The minimum absolute atomic E-state index is 0.250. The number of nitrogens with zero attached hydrogens (tertiary/aromatic N) is 2. The van der Waals surface area contributed by atoms with Crippen molar-refractivity contribution in [2.75, 3.05) is 7.11 Å². The molecular weight excluding hydrogens is 390 g/mol. The highest BCUT2D eigenvalue weighted by molar-refractivity contribution is 6.06. The lowest BCUT2D eigenvalue weighted by atomic mass is 9.96. The Hall–Kier alpha value is -4.24. The van der Waals surface area contributed by atoms with E-state index >= 15 is 0 Å². The summed E-state index contributed by atoms with van der Waals surface area (Å²) in [6, 6.07) is 26.7. The summed E-state index contributed by atoms with van der Waals surface area (Å²) in [5.74, 6) is -0.250. The molecule has 6 nitrogen and oxygen atoms in total. The average Bonchev–Trinajstić information content (AvgIpc) is 2.84. The lowest BCUT2D eigenvalue weighted by Gasteiger charge is -2.21.